The number of hydrogen-bond acceptors (Lipinski definition) is 7. The molecule has 0 bridgehead atoms. The van der Waals surface area contributed by atoms with Gasteiger partial charge in [-0.05, 0) is 54.1 Å². The fourth-order valence-corrected chi connectivity index (χ4v) is 7.38. The Labute approximate surface area is 293 Å². The number of aromatic nitrogens is 1. The van der Waals surface area contributed by atoms with Crippen LogP contribution in [0.15, 0.2) is 102 Å². The van der Waals surface area contributed by atoms with Gasteiger partial charge in [0.15, 0.2) is 6.61 Å². The smallest absolute Gasteiger partial charge is 0.343 e. The molecule has 0 aliphatic carbocycles. The number of nitriles is 2. The number of methoxy groups -OCH3 is 1. The van der Waals surface area contributed by atoms with E-state index >= 15 is 13.2 Å². The van der Waals surface area contributed by atoms with Crippen molar-refractivity contribution in [2.24, 2.45) is 0 Å². The molecule has 0 unspecified atom stereocenters. The molecule has 14 heteroatoms. The first-order chi connectivity index (χ1) is 24.9. The van der Waals surface area contributed by atoms with Crippen molar-refractivity contribution in [2.75, 3.05) is 13.7 Å². The molecule has 0 atom stereocenters. The molecule has 1 heterocycles. The van der Waals surface area contributed by atoms with E-state index in [1.54, 1.807) is 0 Å². The van der Waals surface area contributed by atoms with Gasteiger partial charge in [0.2, 0.25) is 0 Å². The third kappa shape index (κ3) is 6.32. The minimum absolute atomic E-state index is 0.00154. The number of nitrogens with zero attached hydrogens (tertiary/aromatic N) is 3. The largest absolute Gasteiger partial charge is 0.482 e. The van der Waals surface area contributed by atoms with Crippen LogP contribution in [0.25, 0.3) is 44.4 Å². The molecule has 0 N–H and O–H groups in total. The number of benzene rings is 5. The lowest BCUT2D eigenvalue weighted by molar-refractivity contribution is -0.142. The van der Waals surface area contributed by atoms with Crippen molar-refractivity contribution in [3.63, 3.8) is 0 Å². The SMILES string of the molecule is COC(=O)COc1cc(F)c(-c2cccc(-c3c(-c4c(C#N)cccc4C#N)c4cc(F)ccc4n3S(=O)(=O)c3ccc(C(F)F)cc3)c2)c(F)c1. The molecule has 5 aromatic carbocycles. The predicted octanol–water partition coefficient (Wildman–Crippen LogP) is 8.53. The molecule has 0 saturated carbocycles. The molecule has 0 aliphatic heterocycles. The normalized spacial score (nSPS) is 11.3. The van der Waals surface area contributed by atoms with Crippen molar-refractivity contribution in [1.29, 1.82) is 10.5 Å². The Bertz CT molecular complexity index is 2540. The molecule has 0 fully saturated rings. The maximum absolute atomic E-state index is 15.6. The second kappa shape index (κ2) is 14.0. The minimum Gasteiger partial charge on any atom is -0.482 e. The zero-order valence-corrected chi connectivity index (χ0v) is 27.5. The molecule has 6 rings (SSSR count). The first-order valence-corrected chi connectivity index (χ1v) is 16.5. The number of halogens is 5. The first-order valence-electron chi connectivity index (χ1n) is 15.1. The number of rotatable bonds is 9. The van der Waals surface area contributed by atoms with Crippen molar-refractivity contribution in [3.05, 3.63) is 131 Å². The Morgan fingerprint density at radius 3 is 2.00 bits per heavy atom. The van der Waals surface area contributed by atoms with Crippen LogP contribution in [0.2, 0.25) is 0 Å². The van der Waals surface area contributed by atoms with Crippen molar-refractivity contribution < 1.29 is 44.6 Å². The summed E-state index contributed by atoms with van der Waals surface area (Å²) >= 11 is 0. The van der Waals surface area contributed by atoms with Crippen molar-refractivity contribution >= 4 is 26.9 Å². The summed E-state index contributed by atoms with van der Waals surface area (Å²) in [5.74, 6) is -4.11. The lowest BCUT2D eigenvalue weighted by Gasteiger charge is -2.16. The average molecular weight is 728 g/mol. The highest BCUT2D eigenvalue weighted by atomic mass is 32.2. The van der Waals surface area contributed by atoms with Gasteiger partial charge in [-0.3, -0.25) is 0 Å². The molecule has 260 valence electrons. The molecule has 0 radical (unpaired) electrons. The lowest BCUT2D eigenvalue weighted by Crippen LogP contribution is -2.14. The summed E-state index contributed by atoms with van der Waals surface area (Å²) in [5.41, 5.74) is -1.68. The molecule has 1 aromatic heterocycles. The molecule has 6 aromatic rings. The summed E-state index contributed by atoms with van der Waals surface area (Å²) < 4.78 is 113. The fourth-order valence-electron chi connectivity index (χ4n) is 5.83. The second-order valence-corrected chi connectivity index (χ2v) is 13.0. The lowest BCUT2D eigenvalue weighted by atomic mass is 9.90. The average Bonchev–Trinajstić information content (AvgIpc) is 3.47. The van der Waals surface area contributed by atoms with Crippen LogP contribution < -0.4 is 4.74 Å². The maximum Gasteiger partial charge on any atom is 0.343 e. The monoisotopic (exact) mass is 727 g/mol. The number of carbonyl (C=O) groups is 1. The zero-order valence-electron chi connectivity index (χ0n) is 26.7. The summed E-state index contributed by atoms with van der Waals surface area (Å²) in [6.45, 7) is -0.619. The van der Waals surface area contributed by atoms with Gasteiger partial charge in [0, 0.05) is 39.8 Å². The van der Waals surface area contributed by atoms with Gasteiger partial charge < -0.3 is 9.47 Å². The Hall–Kier alpha value is -6.51. The first kappa shape index (κ1) is 35.3. The van der Waals surface area contributed by atoms with E-state index in [4.69, 9.17) is 4.74 Å². The number of carbonyl (C=O) groups excluding carboxylic acids is 1. The third-order valence-corrected chi connectivity index (χ3v) is 9.86. The third-order valence-electron chi connectivity index (χ3n) is 8.14. The van der Waals surface area contributed by atoms with Crippen molar-refractivity contribution in [1.82, 2.24) is 3.97 Å². The molecule has 0 saturated heterocycles. The summed E-state index contributed by atoms with van der Waals surface area (Å²) in [6, 6.07) is 22.3. The van der Waals surface area contributed by atoms with Crippen LogP contribution in [-0.4, -0.2) is 32.1 Å². The Morgan fingerprint density at radius 2 is 1.40 bits per heavy atom. The van der Waals surface area contributed by atoms with Crippen molar-refractivity contribution in [3.8, 4) is 51.4 Å². The molecular formula is C38H22F5N3O5S. The van der Waals surface area contributed by atoms with Crippen LogP contribution in [-0.2, 0) is 19.6 Å². The summed E-state index contributed by atoms with van der Waals surface area (Å²) in [5, 5.41) is 20.2. The highest BCUT2D eigenvalue weighted by Crippen LogP contribution is 2.46. The van der Waals surface area contributed by atoms with E-state index in [0.29, 0.717) is 0 Å². The van der Waals surface area contributed by atoms with Crippen LogP contribution in [0, 0.1) is 40.1 Å². The molecule has 0 aliphatic rings. The molecule has 8 nitrogen and oxygen atoms in total. The van der Waals surface area contributed by atoms with E-state index in [9.17, 15) is 32.5 Å². The summed E-state index contributed by atoms with van der Waals surface area (Å²) in [4.78, 5) is 11.0. The van der Waals surface area contributed by atoms with E-state index < -0.39 is 62.5 Å². The Morgan fingerprint density at radius 1 is 0.788 bits per heavy atom. The van der Waals surface area contributed by atoms with E-state index in [2.05, 4.69) is 4.74 Å². The van der Waals surface area contributed by atoms with Gasteiger partial charge in [-0.1, -0.05) is 36.4 Å². The molecule has 52 heavy (non-hydrogen) atoms. The molecular weight excluding hydrogens is 705 g/mol. The van der Waals surface area contributed by atoms with E-state index in [-0.39, 0.29) is 55.7 Å². The highest BCUT2D eigenvalue weighted by Gasteiger charge is 2.31. The summed E-state index contributed by atoms with van der Waals surface area (Å²) in [6.07, 6.45) is -2.89. The van der Waals surface area contributed by atoms with Gasteiger partial charge in [0.1, 0.15) is 23.2 Å². The van der Waals surface area contributed by atoms with Crippen LogP contribution in [0.4, 0.5) is 22.0 Å². The van der Waals surface area contributed by atoms with E-state index in [1.807, 2.05) is 12.1 Å². The number of fused-ring (bicyclic) bond motifs is 1. The van der Waals surface area contributed by atoms with Gasteiger partial charge in [-0.2, -0.15) is 10.5 Å². The molecule has 0 amide bonds. The van der Waals surface area contributed by atoms with E-state index in [1.165, 1.54) is 48.5 Å². The number of alkyl halides is 2. The number of esters is 1. The minimum atomic E-state index is -4.76. The second-order valence-electron chi connectivity index (χ2n) is 11.2. The van der Waals surface area contributed by atoms with Crippen LogP contribution in [0.1, 0.15) is 23.1 Å². The van der Waals surface area contributed by atoms with Gasteiger partial charge in [-0.25, -0.2) is 39.1 Å². The Kier molecular flexibility index (Phi) is 9.52. The maximum atomic E-state index is 15.6. The van der Waals surface area contributed by atoms with Crippen LogP contribution in [0.3, 0.4) is 0 Å². The van der Waals surface area contributed by atoms with Gasteiger partial charge >= 0.3 is 5.97 Å². The van der Waals surface area contributed by atoms with Crippen LogP contribution >= 0.6 is 0 Å². The zero-order chi connectivity index (χ0) is 37.3. The summed E-state index contributed by atoms with van der Waals surface area (Å²) in [7, 11) is -3.65. The number of ether oxygens (including phenoxy) is 2. The quantitative estimate of drug-likeness (QED) is 0.108. The standard InChI is InChI=1S/C38H22F5N3O5S/c1-50-33(47)20-51-27-16-30(40)35(31(41)17-27)22-4-2-5-23(14-22)37-36(34-24(18-44)6-3-7-25(34)19-45)29-15-26(39)10-13-32(29)46(37)52(48,49)28-11-8-21(9-12-28)38(42)43/h2-17,38H,20H2,1H3. The van der Waals surface area contributed by atoms with E-state index in [0.717, 1.165) is 59.6 Å². The number of hydrogen-bond donors (Lipinski definition) is 0. The fraction of sp³-hybridized carbons (Fsp3) is 0.0789. The predicted molar refractivity (Wildman–Crippen MR) is 179 cm³/mol. The highest BCUT2D eigenvalue weighted by molar-refractivity contribution is 7.90. The van der Waals surface area contributed by atoms with Crippen LogP contribution in [0.5, 0.6) is 5.75 Å². The van der Waals surface area contributed by atoms with Gasteiger partial charge in [-0.15, -0.1) is 0 Å². The van der Waals surface area contributed by atoms with Gasteiger partial charge in [0.25, 0.3) is 16.4 Å². The topological polar surface area (TPSA) is 122 Å². The van der Waals surface area contributed by atoms with Crippen molar-refractivity contribution in [2.45, 2.75) is 11.3 Å². The molecule has 0 spiro atoms. The van der Waals surface area contributed by atoms with Gasteiger partial charge in [0.05, 0.1) is 52.0 Å². The Balaban J connectivity index is 1.69.